The number of anilines is 1. The molecule has 0 radical (unpaired) electrons. The van der Waals surface area contributed by atoms with Crippen molar-refractivity contribution < 1.29 is 23.8 Å². The molecule has 0 aliphatic carbocycles. The minimum Gasteiger partial charge on any atom is -0.497 e. The third kappa shape index (κ3) is 4.75. The van der Waals surface area contributed by atoms with E-state index in [0.29, 0.717) is 12.2 Å². The van der Waals surface area contributed by atoms with E-state index >= 15 is 0 Å². The first-order valence-electron chi connectivity index (χ1n) is 6.01. The van der Waals surface area contributed by atoms with Gasteiger partial charge in [0.15, 0.2) is 0 Å². The molecule has 110 valence electrons. The van der Waals surface area contributed by atoms with Crippen LogP contribution < -0.4 is 10.1 Å². The largest absolute Gasteiger partial charge is 0.497 e. The number of halogens is 1. The number of rotatable bonds is 6. The number of benzene rings is 1. The molecule has 2 amide bonds. The predicted octanol–water partition coefficient (Wildman–Crippen LogP) is 2.16. The summed E-state index contributed by atoms with van der Waals surface area (Å²) in [4.78, 5) is 23.5. The molecule has 7 heteroatoms. The molecule has 0 spiro atoms. The Morgan fingerprint density at radius 3 is 2.75 bits per heavy atom. The number of urea groups is 1. The summed E-state index contributed by atoms with van der Waals surface area (Å²) in [6.45, 7) is 0.268. The van der Waals surface area contributed by atoms with Crippen LogP contribution >= 0.6 is 0 Å². The molecule has 0 aliphatic rings. The van der Waals surface area contributed by atoms with Crippen LogP contribution in [0.2, 0.25) is 0 Å². The van der Waals surface area contributed by atoms with Crippen LogP contribution in [0.1, 0.15) is 12.8 Å². The third-order valence-electron chi connectivity index (χ3n) is 2.65. The van der Waals surface area contributed by atoms with Gasteiger partial charge in [0.2, 0.25) is 0 Å². The molecule has 1 rings (SSSR count). The van der Waals surface area contributed by atoms with Crippen molar-refractivity contribution in [1.82, 2.24) is 4.90 Å². The zero-order chi connectivity index (χ0) is 15.1. The highest BCUT2D eigenvalue weighted by molar-refractivity contribution is 5.89. The number of carboxylic acid groups (broad SMARTS) is 1. The van der Waals surface area contributed by atoms with Crippen LogP contribution in [0.4, 0.5) is 14.9 Å². The number of carboxylic acids is 1. The normalized spacial score (nSPS) is 9.95. The van der Waals surface area contributed by atoms with Gasteiger partial charge in [-0.15, -0.1) is 0 Å². The third-order valence-corrected chi connectivity index (χ3v) is 2.65. The van der Waals surface area contributed by atoms with Gasteiger partial charge in [-0.1, -0.05) is 0 Å². The van der Waals surface area contributed by atoms with Crippen LogP contribution in [0.15, 0.2) is 18.2 Å². The minimum atomic E-state index is -0.919. The summed E-state index contributed by atoms with van der Waals surface area (Å²) in [7, 11) is 2.95. The van der Waals surface area contributed by atoms with Gasteiger partial charge in [0, 0.05) is 26.1 Å². The van der Waals surface area contributed by atoms with Gasteiger partial charge in [-0.25, -0.2) is 9.18 Å². The molecule has 0 saturated carbocycles. The van der Waals surface area contributed by atoms with Crippen molar-refractivity contribution in [3.63, 3.8) is 0 Å². The van der Waals surface area contributed by atoms with Gasteiger partial charge in [0.05, 0.1) is 12.8 Å². The van der Waals surface area contributed by atoms with Crippen molar-refractivity contribution >= 4 is 17.7 Å². The molecule has 0 saturated heterocycles. The van der Waals surface area contributed by atoms with E-state index < -0.39 is 17.8 Å². The summed E-state index contributed by atoms with van der Waals surface area (Å²) in [6, 6.07) is 3.50. The minimum absolute atomic E-state index is 0.0134. The first kappa shape index (κ1) is 15.7. The monoisotopic (exact) mass is 284 g/mol. The van der Waals surface area contributed by atoms with Crippen LogP contribution in [-0.4, -0.2) is 42.7 Å². The number of ether oxygens (including phenoxy) is 1. The molecule has 0 fully saturated rings. The Kier molecular flexibility index (Phi) is 5.76. The molecule has 0 atom stereocenters. The molecule has 2 N–H and O–H groups in total. The molecule has 0 unspecified atom stereocenters. The molecule has 0 bridgehead atoms. The van der Waals surface area contributed by atoms with Gasteiger partial charge in [-0.05, 0) is 18.6 Å². The lowest BCUT2D eigenvalue weighted by molar-refractivity contribution is -0.137. The maximum absolute atomic E-state index is 13.5. The summed E-state index contributed by atoms with van der Waals surface area (Å²) in [6.07, 6.45) is 0.311. The zero-order valence-electron chi connectivity index (χ0n) is 11.4. The summed E-state index contributed by atoms with van der Waals surface area (Å²) in [5.74, 6) is -1.06. The van der Waals surface area contributed by atoms with E-state index in [-0.39, 0.29) is 18.7 Å². The van der Waals surface area contributed by atoms with E-state index in [4.69, 9.17) is 9.84 Å². The number of aliphatic carboxylic acids is 1. The van der Waals surface area contributed by atoms with Gasteiger partial charge in [-0.2, -0.15) is 0 Å². The molecule has 1 aromatic carbocycles. The lowest BCUT2D eigenvalue weighted by atomic mass is 10.3. The number of hydrogen-bond donors (Lipinski definition) is 2. The number of amides is 2. The highest BCUT2D eigenvalue weighted by Gasteiger charge is 2.12. The lowest BCUT2D eigenvalue weighted by Crippen LogP contribution is -2.32. The summed E-state index contributed by atoms with van der Waals surface area (Å²) >= 11 is 0. The Hall–Kier alpha value is -2.31. The van der Waals surface area contributed by atoms with E-state index in [1.807, 2.05) is 0 Å². The van der Waals surface area contributed by atoms with Crippen molar-refractivity contribution in [2.75, 3.05) is 26.0 Å². The van der Waals surface area contributed by atoms with Crippen LogP contribution in [0.5, 0.6) is 5.75 Å². The number of carbonyl (C=O) groups is 2. The number of nitrogens with one attached hydrogen (secondary N) is 1. The smallest absolute Gasteiger partial charge is 0.321 e. The average molecular weight is 284 g/mol. The van der Waals surface area contributed by atoms with E-state index in [0.717, 1.165) is 0 Å². The SMILES string of the molecule is COc1ccc(F)c(NC(=O)N(C)CCCC(=O)O)c1. The zero-order valence-corrected chi connectivity index (χ0v) is 11.4. The maximum Gasteiger partial charge on any atom is 0.321 e. The second-order valence-corrected chi connectivity index (χ2v) is 4.19. The number of carbonyl (C=O) groups excluding carboxylic acids is 1. The molecular formula is C13H17FN2O4. The van der Waals surface area contributed by atoms with Gasteiger partial charge in [-0.3, -0.25) is 4.79 Å². The molecule has 0 aromatic heterocycles. The molecule has 20 heavy (non-hydrogen) atoms. The van der Waals surface area contributed by atoms with E-state index in [9.17, 15) is 14.0 Å². The predicted molar refractivity (Wildman–Crippen MR) is 71.5 cm³/mol. The van der Waals surface area contributed by atoms with Crippen molar-refractivity contribution in [2.45, 2.75) is 12.8 Å². The van der Waals surface area contributed by atoms with Crippen LogP contribution in [-0.2, 0) is 4.79 Å². The molecule has 0 aliphatic heterocycles. The fourth-order valence-corrected chi connectivity index (χ4v) is 1.51. The van der Waals surface area contributed by atoms with Gasteiger partial charge in [0.1, 0.15) is 11.6 Å². The average Bonchev–Trinajstić information content (AvgIpc) is 2.40. The van der Waals surface area contributed by atoms with Gasteiger partial charge < -0.3 is 20.1 Å². The highest BCUT2D eigenvalue weighted by Crippen LogP contribution is 2.21. The maximum atomic E-state index is 13.5. The number of methoxy groups -OCH3 is 1. The Labute approximate surface area is 116 Å². The standard InChI is InChI=1S/C13H17FN2O4/c1-16(7-3-4-12(17)18)13(19)15-11-8-9(20-2)5-6-10(11)14/h5-6,8H,3-4,7H2,1-2H3,(H,15,19)(H,17,18). The molecular weight excluding hydrogens is 267 g/mol. The van der Waals surface area contributed by atoms with E-state index in [2.05, 4.69) is 5.32 Å². The van der Waals surface area contributed by atoms with Gasteiger partial charge >= 0.3 is 12.0 Å². The quantitative estimate of drug-likeness (QED) is 0.839. The number of hydrogen-bond acceptors (Lipinski definition) is 3. The fraction of sp³-hybridized carbons (Fsp3) is 0.385. The topological polar surface area (TPSA) is 78.9 Å². The summed E-state index contributed by atoms with van der Waals surface area (Å²) in [5.41, 5.74) is 0.0134. The number of nitrogens with zero attached hydrogens (tertiary/aromatic N) is 1. The Morgan fingerprint density at radius 1 is 1.45 bits per heavy atom. The van der Waals surface area contributed by atoms with Crippen molar-refractivity contribution in [3.8, 4) is 5.75 Å². The highest BCUT2D eigenvalue weighted by atomic mass is 19.1. The van der Waals surface area contributed by atoms with Crippen LogP contribution in [0.3, 0.4) is 0 Å². The second kappa shape index (κ2) is 7.32. The Balaban J connectivity index is 2.58. The summed E-state index contributed by atoms with van der Waals surface area (Å²) in [5, 5.41) is 10.9. The molecule has 6 nitrogen and oxygen atoms in total. The van der Waals surface area contributed by atoms with Crippen molar-refractivity contribution in [3.05, 3.63) is 24.0 Å². The molecule has 0 heterocycles. The first-order valence-corrected chi connectivity index (χ1v) is 6.01. The molecule has 1 aromatic rings. The van der Waals surface area contributed by atoms with E-state index in [1.165, 1.54) is 37.3 Å². The van der Waals surface area contributed by atoms with Crippen LogP contribution in [0, 0.1) is 5.82 Å². The second-order valence-electron chi connectivity index (χ2n) is 4.19. The lowest BCUT2D eigenvalue weighted by Gasteiger charge is -2.18. The fourth-order valence-electron chi connectivity index (χ4n) is 1.51. The first-order chi connectivity index (χ1) is 9.43. The van der Waals surface area contributed by atoms with Crippen LogP contribution in [0.25, 0.3) is 0 Å². The van der Waals surface area contributed by atoms with E-state index in [1.54, 1.807) is 0 Å². The summed E-state index contributed by atoms with van der Waals surface area (Å²) < 4.78 is 18.5. The van der Waals surface area contributed by atoms with Gasteiger partial charge in [0.25, 0.3) is 0 Å². The van der Waals surface area contributed by atoms with Crippen molar-refractivity contribution in [1.29, 1.82) is 0 Å². The Morgan fingerprint density at radius 2 is 2.15 bits per heavy atom. The Bertz CT molecular complexity index is 493. The van der Waals surface area contributed by atoms with Crippen molar-refractivity contribution in [2.24, 2.45) is 0 Å².